The van der Waals surface area contributed by atoms with E-state index in [0.29, 0.717) is 11.0 Å². The minimum absolute atomic E-state index is 0.219. The highest BCUT2D eigenvalue weighted by Gasteiger charge is 2.52. The Morgan fingerprint density at radius 1 is 1.36 bits per heavy atom. The van der Waals surface area contributed by atoms with Crippen molar-refractivity contribution in [2.45, 2.75) is 25.6 Å². The second-order valence-electron chi connectivity index (χ2n) is 6.22. The molecule has 0 aliphatic carbocycles. The van der Waals surface area contributed by atoms with Crippen LogP contribution in [0, 0.1) is 5.82 Å². The van der Waals surface area contributed by atoms with E-state index in [0.717, 1.165) is 17.9 Å². The maximum atomic E-state index is 14.5. The highest BCUT2D eigenvalue weighted by atomic mass is 35.5. The monoisotopic (exact) mass is 455 g/mol. The van der Waals surface area contributed by atoms with Crippen molar-refractivity contribution in [2.75, 3.05) is 21.0 Å². The molecule has 2 aliphatic heterocycles. The summed E-state index contributed by atoms with van der Waals surface area (Å²) in [6.45, 7) is 0.612. The number of alkyl halides is 2. The van der Waals surface area contributed by atoms with Crippen LogP contribution in [0.3, 0.4) is 0 Å². The Morgan fingerprint density at radius 3 is 2.54 bits per heavy atom. The summed E-state index contributed by atoms with van der Waals surface area (Å²) >= 11 is 11.3. The molecule has 2 heterocycles. The Labute approximate surface area is 168 Å². The van der Waals surface area contributed by atoms with Crippen molar-refractivity contribution in [1.29, 1.82) is 0 Å². The van der Waals surface area contributed by atoms with E-state index in [1.807, 2.05) is 0 Å². The maximum absolute atomic E-state index is 14.5. The average Bonchev–Trinajstić information content (AvgIpc) is 3.08. The number of sulfonamides is 1. The third-order valence-corrected chi connectivity index (χ3v) is 6.79. The molecule has 0 unspecified atom stereocenters. The Balaban J connectivity index is 2.12. The van der Waals surface area contributed by atoms with E-state index in [-0.39, 0.29) is 17.3 Å². The number of amides is 4. The van der Waals surface area contributed by atoms with Crippen LogP contribution in [0.1, 0.15) is 13.3 Å². The number of urea groups is 1. The molecule has 0 radical (unpaired) electrons. The highest BCUT2D eigenvalue weighted by Crippen LogP contribution is 2.39. The van der Waals surface area contributed by atoms with Crippen molar-refractivity contribution >= 4 is 62.4 Å². The quantitative estimate of drug-likeness (QED) is 0.512. The Morgan fingerprint density at radius 2 is 2.00 bits per heavy atom. The van der Waals surface area contributed by atoms with E-state index >= 15 is 0 Å². The molecular weight excluding hydrogens is 443 g/mol. The van der Waals surface area contributed by atoms with Crippen LogP contribution < -0.4 is 9.21 Å². The molecule has 152 valence electrons. The van der Waals surface area contributed by atoms with Crippen molar-refractivity contribution in [1.82, 2.24) is 4.90 Å². The topological polar surface area (TPSA) is 95.1 Å². The summed E-state index contributed by atoms with van der Waals surface area (Å²) in [7, 11) is -4.34. The smallest absolute Gasteiger partial charge is 0.309 e. The van der Waals surface area contributed by atoms with Gasteiger partial charge in [0, 0.05) is 13.3 Å². The van der Waals surface area contributed by atoms with E-state index in [1.54, 1.807) is 0 Å². The van der Waals surface area contributed by atoms with Crippen molar-refractivity contribution in [3.05, 3.63) is 23.0 Å². The second kappa shape index (κ2) is 7.12. The summed E-state index contributed by atoms with van der Waals surface area (Å²) in [6.07, 6.45) is -1.59. The van der Waals surface area contributed by atoms with Gasteiger partial charge in [-0.3, -0.25) is 9.59 Å². The van der Waals surface area contributed by atoms with Gasteiger partial charge in [-0.25, -0.2) is 31.2 Å². The molecule has 13 heteroatoms. The average molecular weight is 456 g/mol. The summed E-state index contributed by atoms with van der Waals surface area (Å²) in [4.78, 5) is 38.4. The lowest BCUT2D eigenvalue weighted by Crippen LogP contribution is -2.37. The number of carbonyl (C=O) groups is 3. The SMILES string of the molecule is CC(=O)N(c1cc(N2C(=O)[C@H]3C[C@H](F)CN3C2=O)c(F)cc1Cl)S(=O)(=O)CCl. The number of fused-ring (bicyclic) bond motifs is 1. The van der Waals surface area contributed by atoms with Gasteiger partial charge in [0.2, 0.25) is 5.91 Å². The van der Waals surface area contributed by atoms with Crippen molar-refractivity contribution in [2.24, 2.45) is 0 Å². The lowest BCUT2D eigenvalue weighted by atomic mass is 10.2. The Hall–Kier alpha value is -1.98. The standard InChI is InChI=1S/C15H13Cl2F2N3O5S/c1-7(23)22(28(26,27)6-16)11-4-12(10(19)3-9(11)17)21-14(24)13-2-8(18)5-20(13)15(21)25/h3-4,8,13H,2,5-6H2,1H3/t8-,13+/m0/s1. The summed E-state index contributed by atoms with van der Waals surface area (Å²) in [5.41, 5.74) is -1.07. The summed E-state index contributed by atoms with van der Waals surface area (Å²) < 4.78 is 52.6. The Bertz CT molecular complexity index is 966. The van der Waals surface area contributed by atoms with E-state index < -0.39 is 67.5 Å². The van der Waals surface area contributed by atoms with Crippen molar-refractivity contribution in [3.63, 3.8) is 0 Å². The van der Waals surface area contributed by atoms with Gasteiger partial charge in [0.15, 0.2) is 0 Å². The number of halogens is 4. The third kappa shape index (κ3) is 3.20. The number of nitrogens with zero attached hydrogens (tertiary/aromatic N) is 3. The van der Waals surface area contributed by atoms with Gasteiger partial charge in [-0.1, -0.05) is 11.6 Å². The largest absolute Gasteiger partial charge is 0.332 e. The molecule has 8 nitrogen and oxygen atoms in total. The van der Waals surface area contributed by atoms with Crippen LogP contribution in [0.25, 0.3) is 0 Å². The predicted octanol–water partition coefficient (Wildman–Crippen LogP) is 2.24. The molecule has 28 heavy (non-hydrogen) atoms. The molecule has 0 bridgehead atoms. The number of hydrogen-bond acceptors (Lipinski definition) is 5. The molecule has 0 saturated carbocycles. The number of rotatable bonds is 4. The second-order valence-corrected chi connectivity index (χ2v) is 9.03. The zero-order valence-corrected chi connectivity index (χ0v) is 16.6. The van der Waals surface area contributed by atoms with Gasteiger partial charge >= 0.3 is 6.03 Å². The number of benzene rings is 1. The maximum Gasteiger partial charge on any atom is 0.332 e. The van der Waals surface area contributed by atoms with Crippen LogP contribution in [-0.4, -0.2) is 55.1 Å². The van der Waals surface area contributed by atoms with E-state index in [2.05, 4.69) is 0 Å². The van der Waals surface area contributed by atoms with Crippen molar-refractivity contribution in [3.8, 4) is 0 Å². The zero-order chi connectivity index (χ0) is 21.0. The minimum atomic E-state index is -4.34. The molecule has 2 atom stereocenters. The molecule has 0 spiro atoms. The van der Waals surface area contributed by atoms with Crippen LogP contribution >= 0.6 is 23.2 Å². The minimum Gasteiger partial charge on any atom is -0.309 e. The van der Waals surface area contributed by atoms with Gasteiger partial charge in [-0.15, -0.1) is 11.6 Å². The van der Waals surface area contributed by atoms with Gasteiger partial charge in [0.1, 0.15) is 23.2 Å². The van der Waals surface area contributed by atoms with Gasteiger partial charge in [-0.2, -0.15) is 0 Å². The molecule has 2 fully saturated rings. The number of hydrogen-bond donors (Lipinski definition) is 0. The summed E-state index contributed by atoms with van der Waals surface area (Å²) in [6, 6.07) is -0.546. The van der Waals surface area contributed by atoms with Crippen LogP contribution in [0.4, 0.5) is 25.0 Å². The molecule has 2 aliphatic rings. The molecule has 1 aromatic carbocycles. The summed E-state index contributed by atoms with van der Waals surface area (Å²) in [5.74, 6) is -2.94. The molecular formula is C15H13Cl2F2N3O5S. The third-order valence-electron chi connectivity index (χ3n) is 4.37. The van der Waals surface area contributed by atoms with Crippen LogP contribution in [0.5, 0.6) is 0 Å². The van der Waals surface area contributed by atoms with E-state index in [1.165, 1.54) is 0 Å². The molecule has 4 amide bonds. The molecule has 0 aromatic heterocycles. The molecule has 0 N–H and O–H groups in total. The van der Waals surface area contributed by atoms with Crippen LogP contribution in [0.2, 0.25) is 5.02 Å². The first-order valence-electron chi connectivity index (χ1n) is 7.86. The number of anilines is 2. The predicted molar refractivity (Wildman–Crippen MR) is 97.1 cm³/mol. The lowest BCUT2D eigenvalue weighted by molar-refractivity contribution is -0.119. The normalized spacial score (nSPS) is 22.0. The van der Waals surface area contributed by atoms with Gasteiger partial charge in [-0.05, 0) is 12.1 Å². The van der Waals surface area contributed by atoms with Crippen LogP contribution in [-0.2, 0) is 19.6 Å². The van der Waals surface area contributed by atoms with E-state index in [9.17, 15) is 31.6 Å². The molecule has 1 aromatic rings. The first-order chi connectivity index (χ1) is 13.0. The zero-order valence-electron chi connectivity index (χ0n) is 14.2. The first-order valence-corrected chi connectivity index (χ1v) is 10.4. The Kier molecular flexibility index (Phi) is 5.28. The van der Waals surface area contributed by atoms with Crippen LogP contribution in [0.15, 0.2) is 12.1 Å². The first kappa shape index (κ1) is 20.7. The summed E-state index contributed by atoms with van der Waals surface area (Å²) in [5, 5.41) is -1.42. The van der Waals surface area contributed by atoms with Gasteiger partial charge in [0.05, 0.1) is 22.9 Å². The highest BCUT2D eigenvalue weighted by molar-refractivity contribution is 7.94. The molecule has 2 saturated heterocycles. The fraction of sp³-hybridized carbons (Fsp3) is 0.400. The molecule has 3 rings (SSSR count). The van der Waals surface area contributed by atoms with E-state index in [4.69, 9.17) is 23.2 Å². The number of carbonyl (C=O) groups excluding carboxylic acids is 3. The van der Waals surface area contributed by atoms with Crippen molar-refractivity contribution < 1.29 is 31.6 Å². The fourth-order valence-corrected chi connectivity index (χ4v) is 4.76. The lowest BCUT2D eigenvalue weighted by Gasteiger charge is -2.23. The van der Waals surface area contributed by atoms with Gasteiger partial charge < -0.3 is 4.90 Å². The fourth-order valence-electron chi connectivity index (χ4n) is 3.24. The number of imide groups is 1. The van der Waals surface area contributed by atoms with Gasteiger partial charge in [0.25, 0.3) is 15.9 Å².